The molecule has 1 aromatic heterocycles. The van der Waals surface area contributed by atoms with Crippen molar-refractivity contribution in [2.45, 2.75) is 53.5 Å². The van der Waals surface area contributed by atoms with Crippen LogP contribution in [0, 0.1) is 6.92 Å². The molecule has 1 N–H and O–H groups in total. The molecule has 24 heavy (non-hydrogen) atoms. The second-order valence-electron chi connectivity index (χ2n) is 4.82. The zero-order chi connectivity index (χ0) is 18.3. The van der Waals surface area contributed by atoms with E-state index in [-0.39, 0.29) is 17.9 Å². The van der Waals surface area contributed by atoms with Crippen LogP contribution < -0.4 is 10.9 Å². The Hall–Kier alpha value is -2.50. The van der Waals surface area contributed by atoms with E-state index in [0.717, 1.165) is 0 Å². The molecular weight excluding hydrogens is 306 g/mol. The SMILES string of the molecule is CC.CC.Cc1nc2ccccc2c(=O)n1C1CCC(=O)NC1=O. The first-order valence-corrected chi connectivity index (χ1v) is 8.39. The van der Waals surface area contributed by atoms with Crippen molar-refractivity contribution in [2.24, 2.45) is 0 Å². The first-order chi connectivity index (χ1) is 11.6. The zero-order valence-corrected chi connectivity index (χ0v) is 14.9. The Balaban J connectivity index is 0.000000671. The van der Waals surface area contributed by atoms with Crippen LogP contribution in [0.3, 0.4) is 0 Å². The molecule has 1 aromatic carbocycles. The van der Waals surface area contributed by atoms with E-state index in [1.54, 1.807) is 25.1 Å². The highest BCUT2D eigenvalue weighted by atomic mass is 16.2. The number of nitrogens with one attached hydrogen (secondary N) is 1. The Bertz CT molecular complexity index is 781. The average Bonchev–Trinajstić information content (AvgIpc) is 2.60. The molecule has 1 atom stereocenters. The highest BCUT2D eigenvalue weighted by Crippen LogP contribution is 2.19. The summed E-state index contributed by atoms with van der Waals surface area (Å²) in [7, 11) is 0. The number of rotatable bonds is 1. The van der Waals surface area contributed by atoms with E-state index in [1.165, 1.54) is 4.57 Å². The third-order valence-electron chi connectivity index (χ3n) is 3.51. The molecule has 6 heteroatoms. The summed E-state index contributed by atoms with van der Waals surface area (Å²) in [6.45, 7) is 9.69. The maximum atomic E-state index is 12.5. The van der Waals surface area contributed by atoms with E-state index in [9.17, 15) is 14.4 Å². The highest BCUT2D eigenvalue weighted by Gasteiger charge is 2.30. The fourth-order valence-corrected chi connectivity index (χ4v) is 2.55. The Labute approximate surface area is 141 Å². The van der Waals surface area contributed by atoms with Gasteiger partial charge in [0.05, 0.1) is 10.9 Å². The average molecular weight is 331 g/mol. The number of imide groups is 1. The molecular formula is C18H25N3O3. The Morgan fingerprint density at radius 2 is 1.71 bits per heavy atom. The van der Waals surface area contributed by atoms with Crippen LogP contribution in [-0.4, -0.2) is 21.4 Å². The summed E-state index contributed by atoms with van der Waals surface area (Å²) in [6, 6.07) is 6.35. The molecule has 1 aliphatic heterocycles. The fraction of sp³-hybridized carbons (Fsp3) is 0.444. The number of para-hydroxylation sites is 1. The van der Waals surface area contributed by atoms with Crippen molar-refractivity contribution in [2.75, 3.05) is 0 Å². The van der Waals surface area contributed by atoms with Gasteiger partial charge in [-0.2, -0.15) is 0 Å². The van der Waals surface area contributed by atoms with Gasteiger partial charge in [-0.25, -0.2) is 4.98 Å². The topological polar surface area (TPSA) is 81.1 Å². The number of aromatic nitrogens is 2. The van der Waals surface area contributed by atoms with Crippen molar-refractivity contribution in [3.05, 3.63) is 40.4 Å². The predicted molar refractivity (Wildman–Crippen MR) is 94.9 cm³/mol. The molecule has 0 bridgehead atoms. The molecule has 2 aromatic rings. The largest absolute Gasteiger partial charge is 0.295 e. The van der Waals surface area contributed by atoms with E-state index < -0.39 is 11.9 Å². The number of hydrogen-bond acceptors (Lipinski definition) is 4. The molecule has 0 aliphatic carbocycles. The molecule has 1 fully saturated rings. The van der Waals surface area contributed by atoms with Gasteiger partial charge in [-0.05, 0) is 25.5 Å². The van der Waals surface area contributed by atoms with Gasteiger partial charge < -0.3 is 0 Å². The predicted octanol–water partition coefficient (Wildman–Crippen LogP) is 2.74. The monoisotopic (exact) mass is 331 g/mol. The lowest BCUT2D eigenvalue weighted by atomic mass is 10.1. The van der Waals surface area contributed by atoms with Crippen LogP contribution >= 0.6 is 0 Å². The summed E-state index contributed by atoms with van der Waals surface area (Å²) in [6.07, 6.45) is 0.556. The van der Waals surface area contributed by atoms with Gasteiger partial charge in [0.15, 0.2) is 0 Å². The van der Waals surface area contributed by atoms with Crippen molar-refractivity contribution in [3.63, 3.8) is 0 Å². The first-order valence-electron chi connectivity index (χ1n) is 8.39. The third kappa shape index (κ3) is 3.88. The third-order valence-corrected chi connectivity index (χ3v) is 3.51. The van der Waals surface area contributed by atoms with E-state index in [1.807, 2.05) is 33.8 Å². The lowest BCUT2D eigenvalue weighted by Gasteiger charge is -2.24. The van der Waals surface area contributed by atoms with Gasteiger partial charge in [-0.1, -0.05) is 39.8 Å². The van der Waals surface area contributed by atoms with Gasteiger partial charge in [0.1, 0.15) is 11.9 Å². The number of carbonyl (C=O) groups is 2. The molecule has 0 spiro atoms. The molecule has 0 radical (unpaired) electrons. The smallest absolute Gasteiger partial charge is 0.262 e. The Morgan fingerprint density at radius 3 is 2.33 bits per heavy atom. The van der Waals surface area contributed by atoms with Crippen LogP contribution in [0.2, 0.25) is 0 Å². The molecule has 130 valence electrons. The minimum Gasteiger partial charge on any atom is -0.295 e. The van der Waals surface area contributed by atoms with Crippen LogP contribution in [0.1, 0.15) is 52.4 Å². The minimum absolute atomic E-state index is 0.231. The molecule has 2 heterocycles. The van der Waals surface area contributed by atoms with Gasteiger partial charge in [0.2, 0.25) is 11.8 Å². The van der Waals surface area contributed by atoms with E-state index in [4.69, 9.17) is 0 Å². The van der Waals surface area contributed by atoms with Gasteiger partial charge in [0.25, 0.3) is 5.56 Å². The molecule has 6 nitrogen and oxygen atoms in total. The summed E-state index contributed by atoms with van der Waals surface area (Å²) in [5.41, 5.74) is 0.362. The number of piperidine rings is 1. The summed E-state index contributed by atoms with van der Waals surface area (Å²) >= 11 is 0. The number of nitrogens with zero attached hydrogens (tertiary/aromatic N) is 2. The second kappa shape index (κ2) is 8.96. The number of hydrogen-bond donors (Lipinski definition) is 1. The maximum Gasteiger partial charge on any atom is 0.262 e. The molecule has 1 aliphatic rings. The van der Waals surface area contributed by atoms with Crippen LogP contribution in [0.5, 0.6) is 0 Å². The lowest BCUT2D eigenvalue weighted by molar-refractivity contribution is -0.135. The molecule has 3 rings (SSSR count). The summed E-state index contributed by atoms with van der Waals surface area (Å²) in [5.74, 6) is -0.266. The number of carbonyl (C=O) groups excluding carboxylic acids is 2. The van der Waals surface area contributed by atoms with Crippen LogP contribution in [0.15, 0.2) is 29.1 Å². The molecule has 0 saturated carbocycles. The lowest BCUT2D eigenvalue weighted by Crippen LogP contribution is -2.45. The Kier molecular flexibility index (Phi) is 7.30. The first kappa shape index (κ1) is 19.5. The van der Waals surface area contributed by atoms with Gasteiger partial charge in [0, 0.05) is 6.42 Å². The van der Waals surface area contributed by atoms with Crippen molar-refractivity contribution in [1.82, 2.24) is 14.9 Å². The van der Waals surface area contributed by atoms with Crippen molar-refractivity contribution >= 4 is 22.7 Å². The van der Waals surface area contributed by atoms with Crippen molar-refractivity contribution in [3.8, 4) is 0 Å². The maximum absolute atomic E-state index is 12.5. The van der Waals surface area contributed by atoms with E-state index in [0.29, 0.717) is 23.1 Å². The summed E-state index contributed by atoms with van der Waals surface area (Å²) in [5, 5.41) is 2.74. The zero-order valence-electron chi connectivity index (χ0n) is 14.9. The van der Waals surface area contributed by atoms with E-state index >= 15 is 0 Å². The van der Waals surface area contributed by atoms with Crippen molar-refractivity contribution < 1.29 is 9.59 Å². The van der Waals surface area contributed by atoms with Gasteiger partial charge in [-0.3, -0.25) is 24.3 Å². The van der Waals surface area contributed by atoms with Crippen molar-refractivity contribution in [1.29, 1.82) is 0 Å². The molecule has 2 amide bonds. The van der Waals surface area contributed by atoms with Gasteiger partial charge in [-0.15, -0.1) is 0 Å². The van der Waals surface area contributed by atoms with Crippen LogP contribution in [-0.2, 0) is 9.59 Å². The number of benzene rings is 1. The molecule has 1 saturated heterocycles. The normalized spacial score (nSPS) is 16.5. The summed E-state index contributed by atoms with van der Waals surface area (Å²) in [4.78, 5) is 40.0. The second-order valence-corrected chi connectivity index (χ2v) is 4.82. The number of fused-ring (bicyclic) bond motifs is 1. The molecule has 1 unspecified atom stereocenters. The number of amides is 2. The fourth-order valence-electron chi connectivity index (χ4n) is 2.55. The quantitative estimate of drug-likeness (QED) is 0.815. The van der Waals surface area contributed by atoms with Crippen LogP contribution in [0.4, 0.5) is 0 Å². The highest BCUT2D eigenvalue weighted by molar-refractivity contribution is 5.99. The van der Waals surface area contributed by atoms with E-state index in [2.05, 4.69) is 10.3 Å². The standard InChI is InChI=1S/C14H13N3O3.2C2H6/c1-8-15-10-5-3-2-4-9(10)14(20)17(8)11-6-7-12(18)16-13(11)19;2*1-2/h2-5,11H,6-7H2,1H3,(H,16,18,19);2*1-2H3. The van der Waals surface area contributed by atoms with Crippen LogP contribution in [0.25, 0.3) is 10.9 Å². The number of aryl methyl sites for hydroxylation is 1. The van der Waals surface area contributed by atoms with Gasteiger partial charge >= 0.3 is 0 Å². The minimum atomic E-state index is -0.669. The summed E-state index contributed by atoms with van der Waals surface area (Å²) < 4.78 is 1.38. The Morgan fingerprint density at radius 1 is 1.08 bits per heavy atom.